The van der Waals surface area contributed by atoms with Crippen LogP contribution in [-0.2, 0) is 16.0 Å². The Morgan fingerprint density at radius 2 is 2.12 bits per heavy atom. The van der Waals surface area contributed by atoms with E-state index in [0.717, 1.165) is 13.2 Å². The minimum atomic E-state index is -3.13. The van der Waals surface area contributed by atoms with Crippen LogP contribution in [0.5, 0.6) is 5.75 Å². The first-order chi connectivity index (χ1) is 7.95. The lowest BCUT2D eigenvalue weighted by atomic mass is 10.1. The monoisotopic (exact) mass is 312 g/mol. The van der Waals surface area contributed by atoms with Gasteiger partial charge in [0.25, 0.3) is 0 Å². The van der Waals surface area contributed by atoms with Gasteiger partial charge in [-0.05, 0) is 12.1 Å². The van der Waals surface area contributed by atoms with Gasteiger partial charge >= 0.3 is 12.6 Å². The Morgan fingerprint density at radius 3 is 2.65 bits per heavy atom. The fourth-order valence-electron chi connectivity index (χ4n) is 1.14. The highest BCUT2D eigenvalue weighted by Crippen LogP contribution is 2.29. The van der Waals surface area contributed by atoms with E-state index in [1.807, 2.05) is 0 Å². The topological polar surface area (TPSA) is 35.5 Å². The van der Waals surface area contributed by atoms with Crippen molar-refractivity contribution in [2.24, 2.45) is 0 Å². The van der Waals surface area contributed by atoms with E-state index in [9.17, 15) is 18.0 Å². The molecule has 0 saturated heterocycles. The molecule has 7 heteroatoms. The van der Waals surface area contributed by atoms with Gasteiger partial charge in [0.1, 0.15) is 0 Å². The number of alkyl halides is 2. The fraction of sp³-hybridized carbons (Fsp3) is 0.300. The molecule has 0 amide bonds. The van der Waals surface area contributed by atoms with Crippen molar-refractivity contribution in [1.82, 2.24) is 0 Å². The van der Waals surface area contributed by atoms with Gasteiger partial charge in [-0.1, -0.05) is 15.9 Å². The van der Waals surface area contributed by atoms with Crippen molar-refractivity contribution in [2.75, 3.05) is 7.11 Å². The number of halogens is 4. The van der Waals surface area contributed by atoms with Crippen LogP contribution in [0.4, 0.5) is 13.2 Å². The molecule has 0 aliphatic heterocycles. The van der Waals surface area contributed by atoms with E-state index in [4.69, 9.17) is 0 Å². The van der Waals surface area contributed by atoms with E-state index in [-0.39, 0.29) is 16.5 Å². The summed E-state index contributed by atoms with van der Waals surface area (Å²) in [6.07, 6.45) is -0.372. The number of carbonyl (C=O) groups is 1. The molecule has 0 unspecified atom stereocenters. The predicted octanol–water partition coefficient (Wildman–Crippen LogP) is 2.91. The number of rotatable bonds is 4. The molecule has 0 spiro atoms. The molecule has 0 saturated carbocycles. The van der Waals surface area contributed by atoms with Gasteiger partial charge in [-0.2, -0.15) is 8.78 Å². The lowest BCUT2D eigenvalue weighted by molar-refractivity contribution is -0.139. The molecule has 0 bridgehead atoms. The van der Waals surface area contributed by atoms with Crippen LogP contribution < -0.4 is 4.74 Å². The largest absolute Gasteiger partial charge is 0.469 e. The van der Waals surface area contributed by atoms with E-state index >= 15 is 0 Å². The summed E-state index contributed by atoms with van der Waals surface area (Å²) in [5, 5.41) is 0. The maximum absolute atomic E-state index is 13.7. The first kappa shape index (κ1) is 13.8. The Bertz CT molecular complexity index is 424. The second kappa shape index (κ2) is 5.90. The molecule has 0 fully saturated rings. The summed E-state index contributed by atoms with van der Waals surface area (Å²) >= 11 is 3.01. The Morgan fingerprint density at radius 1 is 1.47 bits per heavy atom. The second-order valence-corrected chi connectivity index (χ2v) is 3.82. The Hall–Kier alpha value is -1.24. The van der Waals surface area contributed by atoms with Crippen molar-refractivity contribution in [2.45, 2.75) is 13.0 Å². The molecule has 0 N–H and O–H groups in total. The molecule has 0 heterocycles. The van der Waals surface area contributed by atoms with E-state index < -0.39 is 24.1 Å². The maximum Gasteiger partial charge on any atom is 0.387 e. The number of esters is 1. The van der Waals surface area contributed by atoms with Crippen molar-refractivity contribution < 1.29 is 27.4 Å². The summed E-state index contributed by atoms with van der Waals surface area (Å²) in [5.41, 5.74) is -0.0880. The van der Waals surface area contributed by atoms with Crippen molar-refractivity contribution in [3.8, 4) is 5.75 Å². The van der Waals surface area contributed by atoms with Gasteiger partial charge in [-0.3, -0.25) is 4.79 Å². The summed E-state index contributed by atoms with van der Waals surface area (Å²) in [4.78, 5) is 11.0. The van der Waals surface area contributed by atoms with Crippen LogP contribution >= 0.6 is 15.9 Å². The predicted molar refractivity (Wildman–Crippen MR) is 56.5 cm³/mol. The lowest BCUT2D eigenvalue weighted by Gasteiger charge is -2.10. The second-order valence-electron chi connectivity index (χ2n) is 2.97. The van der Waals surface area contributed by atoms with Crippen LogP contribution in [-0.4, -0.2) is 19.7 Å². The first-order valence-corrected chi connectivity index (χ1v) is 5.23. The van der Waals surface area contributed by atoms with Gasteiger partial charge in [0.05, 0.1) is 13.5 Å². The van der Waals surface area contributed by atoms with Crippen molar-refractivity contribution in [1.29, 1.82) is 0 Å². The number of hydrogen-bond acceptors (Lipinski definition) is 3. The third-order valence-corrected chi connectivity index (χ3v) is 2.66. The van der Waals surface area contributed by atoms with Crippen molar-refractivity contribution in [3.63, 3.8) is 0 Å². The summed E-state index contributed by atoms with van der Waals surface area (Å²) in [6, 6.07) is 2.37. The smallest absolute Gasteiger partial charge is 0.387 e. The summed E-state index contributed by atoms with van der Waals surface area (Å²) in [6.45, 7) is -3.13. The Labute approximate surface area is 104 Å². The summed E-state index contributed by atoms with van der Waals surface area (Å²) in [5.74, 6) is -2.30. The highest BCUT2D eigenvalue weighted by atomic mass is 79.9. The molecule has 0 radical (unpaired) electrons. The molecule has 3 nitrogen and oxygen atoms in total. The summed E-state index contributed by atoms with van der Waals surface area (Å²) < 4.78 is 46.3. The van der Waals surface area contributed by atoms with Crippen molar-refractivity contribution in [3.05, 3.63) is 28.0 Å². The van der Waals surface area contributed by atoms with Gasteiger partial charge in [0, 0.05) is 10.0 Å². The number of methoxy groups -OCH3 is 1. The zero-order valence-corrected chi connectivity index (χ0v) is 10.3. The molecule has 1 aromatic carbocycles. The molecule has 1 rings (SSSR count). The van der Waals surface area contributed by atoms with Crippen molar-refractivity contribution >= 4 is 21.9 Å². The van der Waals surface area contributed by atoms with E-state index in [1.165, 1.54) is 6.07 Å². The van der Waals surface area contributed by atoms with E-state index in [2.05, 4.69) is 25.4 Å². The van der Waals surface area contributed by atoms with Gasteiger partial charge in [0.2, 0.25) is 0 Å². The van der Waals surface area contributed by atoms with Crippen LogP contribution in [0.3, 0.4) is 0 Å². The van der Waals surface area contributed by atoms with Gasteiger partial charge < -0.3 is 9.47 Å². The average Bonchev–Trinajstić information content (AvgIpc) is 2.27. The maximum atomic E-state index is 13.7. The zero-order chi connectivity index (χ0) is 13.0. The van der Waals surface area contributed by atoms with Crippen LogP contribution in [0.15, 0.2) is 16.6 Å². The first-order valence-electron chi connectivity index (χ1n) is 4.44. The van der Waals surface area contributed by atoms with Crippen LogP contribution in [0.25, 0.3) is 0 Å². The fourth-order valence-corrected chi connectivity index (χ4v) is 1.59. The Balaban J connectivity index is 3.06. The SMILES string of the molecule is COC(=O)Cc1c(Br)ccc(OC(F)F)c1F. The van der Waals surface area contributed by atoms with Crippen LogP contribution in [0, 0.1) is 5.82 Å². The zero-order valence-electron chi connectivity index (χ0n) is 8.68. The van der Waals surface area contributed by atoms with Crippen LogP contribution in [0.2, 0.25) is 0 Å². The van der Waals surface area contributed by atoms with Gasteiger partial charge in [-0.25, -0.2) is 4.39 Å². The standard InChI is InChI=1S/C10H8BrF3O3/c1-16-8(15)4-5-6(11)2-3-7(9(5)12)17-10(13)14/h2-3,10H,4H2,1H3. The van der Waals surface area contributed by atoms with E-state index in [1.54, 1.807) is 0 Å². The molecule has 0 aromatic heterocycles. The molecular formula is C10H8BrF3O3. The highest BCUT2D eigenvalue weighted by molar-refractivity contribution is 9.10. The molecule has 94 valence electrons. The van der Waals surface area contributed by atoms with Gasteiger partial charge in [0.15, 0.2) is 11.6 Å². The van der Waals surface area contributed by atoms with E-state index in [0.29, 0.717) is 0 Å². The minimum Gasteiger partial charge on any atom is -0.469 e. The Kier molecular flexibility index (Phi) is 4.80. The minimum absolute atomic E-state index is 0.0880. The lowest BCUT2D eigenvalue weighted by Crippen LogP contribution is -2.10. The molecule has 0 atom stereocenters. The average molecular weight is 313 g/mol. The molecule has 0 aliphatic rings. The summed E-state index contributed by atoms with van der Waals surface area (Å²) in [7, 11) is 1.15. The normalized spacial score (nSPS) is 10.5. The number of benzene rings is 1. The van der Waals surface area contributed by atoms with Gasteiger partial charge in [-0.15, -0.1) is 0 Å². The number of carbonyl (C=O) groups excluding carboxylic acids is 1. The molecule has 17 heavy (non-hydrogen) atoms. The molecular weight excluding hydrogens is 305 g/mol. The number of ether oxygens (including phenoxy) is 2. The molecule has 0 aliphatic carbocycles. The third kappa shape index (κ3) is 3.62. The third-order valence-electron chi connectivity index (χ3n) is 1.92. The number of hydrogen-bond donors (Lipinski definition) is 0. The molecule has 1 aromatic rings. The quantitative estimate of drug-likeness (QED) is 0.802. The highest BCUT2D eigenvalue weighted by Gasteiger charge is 2.18. The van der Waals surface area contributed by atoms with Crippen LogP contribution in [0.1, 0.15) is 5.56 Å².